The molecule has 0 radical (unpaired) electrons. The summed E-state index contributed by atoms with van der Waals surface area (Å²) in [6.45, 7) is 10.00. The summed E-state index contributed by atoms with van der Waals surface area (Å²) in [6.07, 6.45) is 1.37. The van der Waals surface area contributed by atoms with Crippen LogP contribution in [0, 0.1) is 0 Å². The van der Waals surface area contributed by atoms with Crippen LogP contribution >= 0.6 is 0 Å². The lowest BCUT2D eigenvalue weighted by Crippen LogP contribution is -2.41. The van der Waals surface area contributed by atoms with E-state index in [9.17, 15) is 5.11 Å². The van der Waals surface area contributed by atoms with E-state index in [0.717, 1.165) is 12.8 Å². The number of aliphatic hydroxyl groups is 1. The quantitative estimate of drug-likeness (QED) is 0.791. The van der Waals surface area contributed by atoms with Crippen molar-refractivity contribution in [2.45, 2.75) is 65.9 Å². The Morgan fingerprint density at radius 1 is 1.06 bits per heavy atom. The molecule has 0 aromatic rings. The molecule has 1 rings (SSSR count). The Bertz CT molecular complexity index is 133. The Labute approximate surface area is 114 Å². The minimum absolute atomic E-state index is 0.186. The number of nitrogens with zero attached hydrogens (tertiary/aromatic N) is 1. The normalized spacial score (nSPS) is 25.8. The predicted octanol–water partition coefficient (Wildman–Crippen LogP) is 2.75. The lowest BCUT2D eigenvalue weighted by Gasteiger charge is -2.34. The summed E-state index contributed by atoms with van der Waals surface area (Å²) in [6, 6.07) is 0.466. The molecule has 0 amide bonds. The fourth-order valence-electron chi connectivity index (χ4n) is 1.51. The van der Waals surface area contributed by atoms with Crippen LogP contribution in [-0.2, 0) is 9.47 Å². The number of aliphatic hydroxyl groups excluding tert-OH is 1. The molecule has 1 aliphatic rings. The molecule has 3 unspecified atom stereocenters. The van der Waals surface area contributed by atoms with E-state index in [4.69, 9.17) is 4.74 Å². The van der Waals surface area contributed by atoms with E-state index in [2.05, 4.69) is 9.64 Å². The van der Waals surface area contributed by atoms with E-state index in [0.29, 0.717) is 6.04 Å². The van der Waals surface area contributed by atoms with Crippen molar-refractivity contribution in [1.29, 1.82) is 0 Å². The standard InChI is InChI=1S/C8H17NO2.C2H6O.2C2H6/c1-6-4-7(9(2)3)5-8(10)11-6;1-3-2;2*1-2/h6-8,10H,4-5H2,1-3H3;1-2H3;2*1-2H3. The second kappa shape index (κ2) is 16.8. The molecule has 0 spiro atoms. The van der Waals surface area contributed by atoms with E-state index in [1.165, 1.54) is 0 Å². The lowest BCUT2D eigenvalue weighted by atomic mass is 10.0. The van der Waals surface area contributed by atoms with Crippen LogP contribution in [0.1, 0.15) is 47.5 Å². The SMILES string of the molecule is CC.CC.CC1CC(N(C)C)CC(O)O1.COC. The van der Waals surface area contributed by atoms with E-state index < -0.39 is 6.29 Å². The minimum Gasteiger partial charge on any atom is -0.388 e. The Hall–Kier alpha value is -0.160. The van der Waals surface area contributed by atoms with Gasteiger partial charge in [-0.25, -0.2) is 0 Å². The summed E-state index contributed by atoms with van der Waals surface area (Å²) in [5, 5.41) is 9.25. The average Bonchev–Trinajstić information content (AvgIpc) is 2.34. The van der Waals surface area contributed by atoms with Gasteiger partial charge in [0.05, 0.1) is 6.10 Å². The van der Waals surface area contributed by atoms with Crippen LogP contribution in [0.3, 0.4) is 0 Å². The first-order chi connectivity index (χ1) is 8.51. The zero-order chi connectivity index (χ0) is 15.1. The Morgan fingerprint density at radius 2 is 1.44 bits per heavy atom. The maximum absolute atomic E-state index is 9.25. The topological polar surface area (TPSA) is 41.9 Å². The van der Waals surface area contributed by atoms with Gasteiger partial charge in [0, 0.05) is 26.7 Å². The summed E-state index contributed by atoms with van der Waals surface area (Å²) in [5.74, 6) is 0. The van der Waals surface area contributed by atoms with Crippen molar-refractivity contribution >= 4 is 0 Å². The second-order valence-corrected chi connectivity index (χ2v) is 3.90. The molecular weight excluding hydrogens is 230 g/mol. The van der Waals surface area contributed by atoms with E-state index >= 15 is 0 Å². The highest BCUT2D eigenvalue weighted by Gasteiger charge is 2.26. The first-order valence-corrected chi connectivity index (χ1v) is 6.91. The highest BCUT2D eigenvalue weighted by molar-refractivity contribution is 4.75. The van der Waals surface area contributed by atoms with Gasteiger partial charge in [0.1, 0.15) is 0 Å². The molecule has 114 valence electrons. The van der Waals surface area contributed by atoms with Gasteiger partial charge in [0.15, 0.2) is 6.29 Å². The van der Waals surface area contributed by atoms with Crippen molar-refractivity contribution in [1.82, 2.24) is 4.90 Å². The van der Waals surface area contributed by atoms with Gasteiger partial charge in [-0.3, -0.25) is 0 Å². The maximum atomic E-state index is 9.25. The summed E-state index contributed by atoms with van der Waals surface area (Å²) < 4.78 is 9.45. The smallest absolute Gasteiger partial charge is 0.156 e. The second-order valence-electron chi connectivity index (χ2n) is 3.90. The van der Waals surface area contributed by atoms with E-state index in [-0.39, 0.29) is 6.10 Å². The Morgan fingerprint density at radius 3 is 1.72 bits per heavy atom. The molecule has 1 saturated heterocycles. The molecule has 1 N–H and O–H groups in total. The molecule has 4 nitrogen and oxygen atoms in total. The number of hydrogen-bond donors (Lipinski definition) is 1. The van der Waals surface area contributed by atoms with Gasteiger partial charge < -0.3 is 19.5 Å². The Kier molecular flexibility index (Phi) is 21.5. The molecular formula is C14H35NO3. The number of ether oxygens (including phenoxy) is 2. The van der Waals surface area contributed by atoms with Crippen molar-refractivity contribution in [3.8, 4) is 0 Å². The molecule has 1 heterocycles. The molecule has 0 aromatic heterocycles. The summed E-state index contributed by atoms with van der Waals surface area (Å²) in [5.41, 5.74) is 0. The monoisotopic (exact) mass is 265 g/mol. The average molecular weight is 265 g/mol. The molecule has 0 aliphatic carbocycles. The number of methoxy groups -OCH3 is 1. The van der Waals surface area contributed by atoms with Gasteiger partial charge in [-0.05, 0) is 27.4 Å². The van der Waals surface area contributed by atoms with Gasteiger partial charge in [0.2, 0.25) is 0 Å². The number of hydrogen-bond acceptors (Lipinski definition) is 4. The first-order valence-electron chi connectivity index (χ1n) is 6.91. The van der Waals surface area contributed by atoms with Crippen molar-refractivity contribution in [2.24, 2.45) is 0 Å². The van der Waals surface area contributed by atoms with Gasteiger partial charge >= 0.3 is 0 Å². The predicted molar refractivity (Wildman–Crippen MR) is 78.9 cm³/mol. The van der Waals surface area contributed by atoms with Crippen molar-refractivity contribution in [3.63, 3.8) is 0 Å². The zero-order valence-corrected chi connectivity index (χ0v) is 13.9. The van der Waals surface area contributed by atoms with Crippen molar-refractivity contribution in [3.05, 3.63) is 0 Å². The largest absolute Gasteiger partial charge is 0.388 e. The molecule has 4 heteroatoms. The van der Waals surface area contributed by atoms with Gasteiger partial charge in [0.25, 0.3) is 0 Å². The maximum Gasteiger partial charge on any atom is 0.156 e. The minimum atomic E-state index is -0.564. The van der Waals surface area contributed by atoms with Crippen LogP contribution in [0.15, 0.2) is 0 Å². The first kappa shape index (κ1) is 23.0. The molecule has 1 aliphatic heterocycles. The molecule has 3 atom stereocenters. The van der Waals surface area contributed by atoms with Gasteiger partial charge in [-0.2, -0.15) is 0 Å². The van der Waals surface area contributed by atoms with Crippen molar-refractivity contribution < 1.29 is 14.6 Å². The third-order valence-corrected chi connectivity index (χ3v) is 2.20. The molecule has 0 bridgehead atoms. The van der Waals surface area contributed by atoms with Crippen molar-refractivity contribution in [2.75, 3.05) is 28.3 Å². The van der Waals surface area contributed by atoms with E-state index in [1.807, 2.05) is 48.7 Å². The van der Waals surface area contributed by atoms with Crippen LogP contribution in [0.25, 0.3) is 0 Å². The van der Waals surface area contributed by atoms with Crippen LogP contribution in [0.5, 0.6) is 0 Å². The molecule has 0 saturated carbocycles. The summed E-state index contributed by atoms with van der Waals surface area (Å²) in [4.78, 5) is 2.14. The number of rotatable bonds is 1. The third-order valence-electron chi connectivity index (χ3n) is 2.20. The third kappa shape index (κ3) is 13.9. The summed E-state index contributed by atoms with van der Waals surface area (Å²) >= 11 is 0. The summed E-state index contributed by atoms with van der Waals surface area (Å²) in [7, 11) is 7.32. The van der Waals surface area contributed by atoms with Gasteiger partial charge in [-0.1, -0.05) is 27.7 Å². The van der Waals surface area contributed by atoms with Crippen LogP contribution in [-0.4, -0.2) is 56.8 Å². The highest BCUT2D eigenvalue weighted by Crippen LogP contribution is 2.20. The van der Waals surface area contributed by atoms with Crippen LogP contribution in [0.2, 0.25) is 0 Å². The zero-order valence-electron chi connectivity index (χ0n) is 13.9. The fourth-order valence-corrected chi connectivity index (χ4v) is 1.51. The van der Waals surface area contributed by atoms with E-state index in [1.54, 1.807) is 14.2 Å². The fraction of sp³-hybridized carbons (Fsp3) is 1.00. The Balaban J connectivity index is -0.000000274. The lowest BCUT2D eigenvalue weighted by molar-refractivity contribution is -0.172. The highest BCUT2D eigenvalue weighted by atomic mass is 16.6. The van der Waals surface area contributed by atoms with Gasteiger partial charge in [-0.15, -0.1) is 0 Å². The molecule has 0 aromatic carbocycles. The molecule has 18 heavy (non-hydrogen) atoms. The van der Waals surface area contributed by atoms with Crippen LogP contribution < -0.4 is 0 Å². The molecule has 1 fully saturated rings. The van der Waals surface area contributed by atoms with Crippen LogP contribution in [0.4, 0.5) is 0 Å².